The minimum Gasteiger partial charge on any atom is -0.376 e. The molecular formula is C14H23N2O12+. The van der Waals surface area contributed by atoms with Crippen molar-refractivity contribution in [1.82, 2.24) is 0 Å². The average molecular weight is 411 g/mol. The molecule has 0 aromatic rings. The minimum absolute atomic E-state index is 0.00773. The minimum atomic E-state index is -0.931. The molecule has 0 radical (unpaired) electrons. The van der Waals surface area contributed by atoms with E-state index >= 15 is 0 Å². The van der Waals surface area contributed by atoms with E-state index in [1.54, 1.807) is 14.2 Å². The summed E-state index contributed by atoms with van der Waals surface area (Å²) in [5.41, 5.74) is 0. The molecule has 4 heterocycles. The molecule has 28 heavy (non-hydrogen) atoms. The van der Waals surface area contributed by atoms with Crippen LogP contribution >= 0.6 is 0 Å². The number of nitrogens with zero attached hydrogens (tertiary/aromatic N) is 2. The zero-order valence-corrected chi connectivity index (χ0v) is 15.3. The molecule has 14 heteroatoms. The third kappa shape index (κ3) is 4.42. The normalized spacial score (nSPS) is 40.9. The summed E-state index contributed by atoms with van der Waals surface area (Å²) >= 11 is 0. The molecule has 1 N–H and O–H groups in total. The molecule has 4 saturated heterocycles. The summed E-state index contributed by atoms with van der Waals surface area (Å²) < 4.78 is 31.7. The maximum Gasteiger partial charge on any atom is 0.475 e. The molecule has 4 rings (SSSR count). The van der Waals surface area contributed by atoms with Gasteiger partial charge in [0.05, 0.1) is 26.4 Å². The first-order valence-electron chi connectivity index (χ1n) is 8.60. The van der Waals surface area contributed by atoms with Crippen molar-refractivity contribution in [3.63, 3.8) is 0 Å². The molecule has 0 aliphatic carbocycles. The van der Waals surface area contributed by atoms with Gasteiger partial charge >= 0.3 is 5.09 Å². The first-order chi connectivity index (χ1) is 13.4. The highest BCUT2D eigenvalue weighted by molar-refractivity contribution is 4.96. The third-order valence-electron chi connectivity index (χ3n) is 4.98. The van der Waals surface area contributed by atoms with Gasteiger partial charge in [-0.2, -0.15) is 4.84 Å². The van der Waals surface area contributed by atoms with Gasteiger partial charge in [-0.1, -0.05) is 0 Å². The molecule has 0 aromatic carbocycles. The molecule has 0 bridgehead atoms. The second-order valence-electron chi connectivity index (χ2n) is 6.49. The van der Waals surface area contributed by atoms with Crippen molar-refractivity contribution >= 4 is 0 Å². The second-order valence-corrected chi connectivity index (χ2v) is 6.49. The Morgan fingerprint density at radius 2 is 1.11 bits per heavy atom. The van der Waals surface area contributed by atoms with Gasteiger partial charge in [-0.25, -0.2) is 5.21 Å². The van der Waals surface area contributed by atoms with E-state index in [2.05, 4.69) is 9.68 Å². The van der Waals surface area contributed by atoms with Crippen LogP contribution in [0.25, 0.3) is 0 Å². The van der Waals surface area contributed by atoms with Crippen LogP contribution in [0.3, 0.4) is 0 Å². The van der Waals surface area contributed by atoms with E-state index in [1.807, 2.05) is 0 Å². The molecular weight excluding hydrogens is 388 g/mol. The van der Waals surface area contributed by atoms with Crippen molar-refractivity contribution < 1.29 is 53.5 Å². The van der Waals surface area contributed by atoms with E-state index in [0.29, 0.717) is 13.2 Å². The number of fused-ring (bicyclic) bond motifs is 2. The molecule has 160 valence electrons. The van der Waals surface area contributed by atoms with E-state index in [4.69, 9.17) is 33.6 Å². The number of ether oxygens (including phenoxy) is 6. The van der Waals surface area contributed by atoms with Crippen LogP contribution in [-0.2, 0) is 38.1 Å². The Morgan fingerprint density at radius 3 is 1.46 bits per heavy atom. The highest BCUT2D eigenvalue weighted by Gasteiger charge is 2.53. The maximum atomic E-state index is 10.2. The molecule has 0 amide bonds. The van der Waals surface area contributed by atoms with Crippen molar-refractivity contribution in [2.24, 2.45) is 0 Å². The SMILES string of the molecule is COC1COC2C1OC[C@H]2OC.O=[N+]([O-])OC1COC2C1OC[C@H]2O[N+](=O)O. The lowest BCUT2D eigenvalue weighted by Gasteiger charge is -2.14. The standard InChI is InChI=1S/C8H14O4.C6H9N2O8/c1-9-5-3-11-8-6(10-2)4-12-7(5)8;9-7(10)15-3-1-13-6-4(16-8(11)12)2-14-5(3)6/h5-8H,3-4H2,1-2H3;3-6H,1-2H2,(H,9,10)/q;+1/t5-,6?,7?,8?;3-,4?,5?,6?/m11/s1. The summed E-state index contributed by atoms with van der Waals surface area (Å²) in [5.74, 6) is 0. The Bertz CT molecular complexity index is 516. The average Bonchev–Trinajstić information content (AvgIpc) is 3.38. The summed E-state index contributed by atoms with van der Waals surface area (Å²) in [6.45, 7) is 1.20. The van der Waals surface area contributed by atoms with Gasteiger partial charge in [0.2, 0.25) is 6.10 Å². The lowest BCUT2D eigenvalue weighted by atomic mass is 10.1. The molecule has 14 nitrogen and oxygen atoms in total. The highest BCUT2D eigenvalue weighted by Crippen LogP contribution is 2.31. The van der Waals surface area contributed by atoms with Gasteiger partial charge in [0.1, 0.15) is 41.5 Å². The van der Waals surface area contributed by atoms with Crippen LogP contribution in [0.15, 0.2) is 0 Å². The van der Waals surface area contributed by atoms with E-state index < -0.39 is 34.6 Å². The Morgan fingerprint density at radius 1 is 0.750 bits per heavy atom. The first-order valence-corrected chi connectivity index (χ1v) is 8.60. The zero-order valence-electron chi connectivity index (χ0n) is 15.3. The van der Waals surface area contributed by atoms with Crippen molar-refractivity contribution in [3.05, 3.63) is 15.0 Å². The molecule has 0 spiro atoms. The molecule has 6 unspecified atom stereocenters. The van der Waals surface area contributed by atoms with E-state index in [9.17, 15) is 15.0 Å². The fourth-order valence-electron chi connectivity index (χ4n) is 3.67. The summed E-state index contributed by atoms with van der Waals surface area (Å²) in [4.78, 5) is 29.2. The number of methoxy groups -OCH3 is 2. The fourth-order valence-corrected chi connectivity index (χ4v) is 3.67. The smallest absolute Gasteiger partial charge is 0.376 e. The summed E-state index contributed by atoms with van der Waals surface area (Å²) in [6, 6.07) is 0. The van der Waals surface area contributed by atoms with E-state index in [-0.39, 0.29) is 37.6 Å². The Labute approximate surface area is 159 Å². The molecule has 8 atom stereocenters. The molecule has 4 fully saturated rings. The van der Waals surface area contributed by atoms with Crippen molar-refractivity contribution in [2.75, 3.05) is 40.6 Å². The Hall–Kier alpha value is -1.84. The fraction of sp³-hybridized carbons (Fsp3) is 1.00. The van der Waals surface area contributed by atoms with Gasteiger partial charge in [-0.3, -0.25) is 0 Å². The van der Waals surface area contributed by atoms with Crippen LogP contribution < -0.4 is 0 Å². The van der Waals surface area contributed by atoms with Gasteiger partial charge < -0.3 is 33.3 Å². The number of hydrogen-bond donors (Lipinski definition) is 1. The number of rotatable bonds is 6. The predicted octanol–water partition coefficient (Wildman–Crippen LogP) is -1.36. The predicted molar refractivity (Wildman–Crippen MR) is 82.7 cm³/mol. The molecule has 4 aliphatic rings. The van der Waals surface area contributed by atoms with Crippen molar-refractivity contribution in [1.29, 1.82) is 0 Å². The second kappa shape index (κ2) is 9.11. The van der Waals surface area contributed by atoms with Gasteiger partial charge in [0.25, 0.3) is 5.09 Å². The lowest BCUT2D eigenvalue weighted by molar-refractivity contribution is -0.982. The summed E-state index contributed by atoms with van der Waals surface area (Å²) in [5, 5.41) is 16.9. The Balaban J connectivity index is 0.000000167. The quantitative estimate of drug-likeness (QED) is 0.405. The topological polar surface area (TPSA) is 157 Å². The molecule has 4 aliphatic heterocycles. The maximum absolute atomic E-state index is 10.2. The van der Waals surface area contributed by atoms with Crippen LogP contribution in [0.2, 0.25) is 0 Å². The van der Waals surface area contributed by atoms with Crippen molar-refractivity contribution in [3.8, 4) is 0 Å². The number of hydrogen-bond acceptors (Lipinski definition) is 11. The largest absolute Gasteiger partial charge is 0.475 e. The van der Waals surface area contributed by atoms with Gasteiger partial charge in [-0.05, 0) is 0 Å². The van der Waals surface area contributed by atoms with Gasteiger partial charge in [-0.15, -0.1) is 10.1 Å². The van der Waals surface area contributed by atoms with Crippen LogP contribution in [0.4, 0.5) is 0 Å². The van der Waals surface area contributed by atoms with Crippen LogP contribution in [0.5, 0.6) is 0 Å². The first kappa shape index (κ1) is 20.9. The van der Waals surface area contributed by atoms with Crippen LogP contribution in [-0.4, -0.2) is 105 Å². The van der Waals surface area contributed by atoms with Crippen LogP contribution in [0.1, 0.15) is 0 Å². The Kier molecular flexibility index (Phi) is 6.79. The lowest BCUT2D eigenvalue weighted by Crippen LogP contribution is -2.35. The summed E-state index contributed by atoms with van der Waals surface area (Å²) in [6.07, 6.45) is -2.67. The van der Waals surface area contributed by atoms with Crippen LogP contribution in [0, 0.1) is 15.0 Å². The molecule has 0 aromatic heterocycles. The highest BCUT2D eigenvalue weighted by atomic mass is 17.0. The van der Waals surface area contributed by atoms with Gasteiger partial charge in [0.15, 0.2) is 6.10 Å². The summed E-state index contributed by atoms with van der Waals surface area (Å²) in [7, 11) is 3.36. The van der Waals surface area contributed by atoms with E-state index in [0.717, 1.165) is 0 Å². The third-order valence-corrected chi connectivity index (χ3v) is 4.98. The molecule has 0 saturated carbocycles. The monoisotopic (exact) mass is 411 g/mol. The zero-order chi connectivity index (χ0) is 20.3. The van der Waals surface area contributed by atoms with Crippen molar-refractivity contribution in [2.45, 2.75) is 48.8 Å². The van der Waals surface area contributed by atoms with Gasteiger partial charge in [0, 0.05) is 14.2 Å². The van der Waals surface area contributed by atoms with E-state index in [1.165, 1.54) is 0 Å².